The minimum atomic E-state index is -0.736. The van der Waals surface area contributed by atoms with Crippen molar-refractivity contribution in [3.8, 4) is 5.75 Å². The molecule has 0 aliphatic carbocycles. The highest BCUT2D eigenvalue weighted by Gasteiger charge is 2.18. The van der Waals surface area contributed by atoms with Gasteiger partial charge in [-0.2, -0.15) is 0 Å². The van der Waals surface area contributed by atoms with Gasteiger partial charge in [0.1, 0.15) is 5.75 Å². The van der Waals surface area contributed by atoms with E-state index in [-0.39, 0.29) is 12.3 Å². The van der Waals surface area contributed by atoms with Gasteiger partial charge in [0.15, 0.2) is 0 Å². The van der Waals surface area contributed by atoms with E-state index in [2.05, 4.69) is 6.92 Å². The summed E-state index contributed by atoms with van der Waals surface area (Å²) in [5, 5.41) is 19.6. The summed E-state index contributed by atoms with van der Waals surface area (Å²) < 4.78 is 0. The van der Waals surface area contributed by atoms with E-state index >= 15 is 0 Å². The lowest BCUT2D eigenvalue weighted by Crippen LogP contribution is -2.07. The van der Waals surface area contributed by atoms with Crippen molar-refractivity contribution in [2.75, 3.05) is 0 Å². The molecule has 0 heterocycles. The van der Waals surface area contributed by atoms with Crippen LogP contribution in [0.1, 0.15) is 152 Å². The van der Waals surface area contributed by atoms with Gasteiger partial charge in [-0.1, -0.05) is 129 Å². The van der Waals surface area contributed by atoms with Crippen LogP contribution in [0.25, 0.3) is 0 Å². The van der Waals surface area contributed by atoms with Gasteiger partial charge in [-0.15, -0.1) is 0 Å². The van der Waals surface area contributed by atoms with Gasteiger partial charge in [-0.25, -0.2) is 0 Å². The van der Waals surface area contributed by atoms with Crippen LogP contribution >= 0.6 is 0 Å². The number of benzene rings is 1. The Hall–Kier alpha value is -1.51. The number of phenolic OH excluding ortho intramolecular Hbond substituents is 1. The lowest BCUT2D eigenvalue weighted by molar-refractivity contribution is -0.137. The molecule has 0 saturated heterocycles. The van der Waals surface area contributed by atoms with Crippen LogP contribution in [0, 0.1) is 6.92 Å². The summed E-state index contributed by atoms with van der Waals surface area (Å²) in [6.07, 6.45) is 23.5. The molecule has 0 fully saturated rings. The van der Waals surface area contributed by atoms with Crippen LogP contribution < -0.4 is 0 Å². The molecule has 3 heteroatoms. The number of hydrogen-bond donors (Lipinski definition) is 2. The molecule has 3 nitrogen and oxygen atoms in total. The fourth-order valence-corrected chi connectivity index (χ4v) is 4.92. The fourth-order valence-electron chi connectivity index (χ4n) is 4.92. The Kier molecular flexibility index (Phi) is 16.9. The van der Waals surface area contributed by atoms with E-state index in [1.54, 1.807) is 0 Å². The van der Waals surface area contributed by atoms with Crippen molar-refractivity contribution in [1.29, 1.82) is 0 Å². The highest BCUT2D eigenvalue weighted by molar-refractivity contribution is 5.68. The zero-order valence-electron chi connectivity index (χ0n) is 22.0. The van der Waals surface area contributed by atoms with Crippen molar-refractivity contribution >= 4 is 5.97 Å². The number of carbonyl (C=O) groups is 1. The summed E-state index contributed by atoms with van der Waals surface area (Å²) in [7, 11) is 0. The Morgan fingerprint density at radius 1 is 0.758 bits per heavy atom. The molecule has 0 aromatic heterocycles. The molecule has 0 amide bonds. The van der Waals surface area contributed by atoms with Gasteiger partial charge in [0.2, 0.25) is 0 Å². The Morgan fingerprint density at radius 3 is 1.64 bits per heavy atom. The molecule has 0 spiro atoms. The molecule has 1 aromatic rings. The quantitative estimate of drug-likeness (QED) is 0.180. The standard InChI is InChI=1S/C30H52O3/c1-4-6-7-8-9-10-11-12-13-14-15-16-17-18-19-20-21-27(24-29(31)32)28-22-25(3)30(33)26(5-2)23-28/h22-23,27,33H,4-21,24H2,1-3H3,(H,31,32). The summed E-state index contributed by atoms with van der Waals surface area (Å²) in [5.41, 5.74) is 2.85. The Balaban J connectivity index is 2.14. The summed E-state index contributed by atoms with van der Waals surface area (Å²) in [4.78, 5) is 11.4. The first-order chi connectivity index (χ1) is 16.0. The predicted octanol–water partition coefficient (Wildman–Crippen LogP) is 9.47. The SMILES string of the molecule is CCCCCCCCCCCCCCCCCCC(CC(=O)O)c1cc(C)c(O)c(CC)c1. The predicted molar refractivity (Wildman–Crippen MR) is 141 cm³/mol. The summed E-state index contributed by atoms with van der Waals surface area (Å²) in [5.74, 6) is -0.336. The Bertz CT molecular complexity index is 638. The van der Waals surface area contributed by atoms with E-state index in [1.165, 1.54) is 96.3 Å². The van der Waals surface area contributed by atoms with E-state index in [0.717, 1.165) is 36.0 Å². The average Bonchev–Trinajstić information content (AvgIpc) is 2.79. The number of rotatable bonds is 21. The molecule has 1 rings (SSSR count). The number of phenols is 1. The number of carboxylic acid groups (broad SMARTS) is 1. The molecular formula is C30H52O3. The van der Waals surface area contributed by atoms with E-state index in [4.69, 9.17) is 0 Å². The maximum absolute atomic E-state index is 11.4. The van der Waals surface area contributed by atoms with E-state index in [0.29, 0.717) is 5.75 Å². The van der Waals surface area contributed by atoms with Crippen LogP contribution in [-0.2, 0) is 11.2 Å². The second-order valence-corrected chi connectivity index (χ2v) is 10.1. The minimum Gasteiger partial charge on any atom is -0.507 e. The molecule has 0 bridgehead atoms. The number of aromatic hydroxyl groups is 1. The van der Waals surface area contributed by atoms with Crippen molar-refractivity contribution in [1.82, 2.24) is 0 Å². The maximum atomic E-state index is 11.4. The van der Waals surface area contributed by atoms with Crippen LogP contribution in [0.15, 0.2) is 12.1 Å². The first kappa shape index (κ1) is 29.5. The molecule has 33 heavy (non-hydrogen) atoms. The van der Waals surface area contributed by atoms with Crippen LogP contribution in [0.3, 0.4) is 0 Å². The van der Waals surface area contributed by atoms with Crippen LogP contribution in [0.4, 0.5) is 0 Å². The molecule has 1 unspecified atom stereocenters. The summed E-state index contributed by atoms with van der Waals surface area (Å²) in [6, 6.07) is 4.00. The molecule has 1 atom stereocenters. The minimum absolute atomic E-state index is 0.0405. The van der Waals surface area contributed by atoms with Gasteiger partial charge in [0.05, 0.1) is 6.42 Å². The van der Waals surface area contributed by atoms with Gasteiger partial charge in [-0.3, -0.25) is 4.79 Å². The van der Waals surface area contributed by atoms with Crippen molar-refractivity contribution in [2.24, 2.45) is 0 Å². The number of aryl methyl sites for hydroxylation is 2. The smallest absolute Gasteiger partial charge is 0.303 e. The number of carboxylic acids is 1. The topological polar surface area (TPSA) is 57.5 Å². The number of hydrogen-bond acceptors (Lipinski definition) is 2. The largest absolute Gasteiger partial charge is 0.507 e. The van der Waals surface area contributed by atoms with Gasteiger partial charge < -0.3 is 10.2 Å². The van der Waals surface area contributed by atoms with E-state index in [9.17, 15) is 15.0 Å². The van der Waals surface area contributed by atoms with Crippen molar-refractivity contribution in [3.05, 3.63) is 28.8 Å². The molecule has 190 valence electrons. The molecule has 0 saturated carbocycles. The summed E-state index contributed by atoms with van der Waals surface area (Å²) >= 11 is 0. The number of unbranched alkanes of at least 4 members (excludes halogenated alkanes) is 15. The first-order valence-corrected chi connectivity index (χ1v) is 14.0. The van der Waals surface area contributed by atoms with Gasteiger partial charge >= 0.3 is 5.97 Å². The van der Waals surface area contributed by atoms with Crippen molar-refractivity contribution in [2.45, 2.75) is 149 Å². The number of aliphatic carboxylic acids is 1. The van der Waals surface area contributed by atoms with Gasteiger partial charge in [0, 0.05) is 0 Å². The average molecular weight is 461 g/mol. The monoisotopic (exact) mass is 460 g/mol. The third-order valence-corrected chi connectivity index (χ3v) is 7.08. The van der Waals surface area contributed by atoms with Crippen LogP contribution in [0.2, 0.25) is 0 Å². The van der Waals surface area contributed by atoms with Crippen LogP contribution in [-0.4, -0.2) is 16.2 Å². The normalized spacial score (nSPS) is 12.2. The zero-order chi connectivity index (χ0) is 24.3. The van der Waals surface area contributed by atoms with Crippen molar-refractivity contribution < 1.29 is 15.0 Å². The molecule has 1 aromatic carbocycles. The maximum Gasteiger partial charge on any atom is 0.303 e. The van der Waals surface area contributed by atoms with Gasteiger partial charge in [0.25, 0.3) is 0 Å². The molecule has 0 radical (unpaired) electrons. The second-order valence-electron chi connectivity index (χ2n) is 10.1. The lowest BCUT2D eigenvalue weighted by atomic mass is 9.87. The lowest BCUT2D eigenvalue weighted by Gasteiger charge is -2.18. The highest BCUT2D eigenvalue weighted by Crippen LogP contribution is 2.32. The molecular weight excluding hydrogens is 408 g/mol. The first-order valence-electron chi connectivity index (χ1n) is 14.0. The van der Waals surface area contributed by atoms with Gasteiger partial charge in [-0.05, 0) is 42.4 Å². The third kappa shape index (κ3) is 13.7. The molecule has 2 N–H and O–H groups in total. The van der Waals surface area contributed by atoms with Crippen LogP contribution in [0.5, 0.6) is 5.75 Å². The molecule has 0 aliphatic heterocycles. The Morgan fingerprint density at radius 2 is 1.21 bits per heavy atom. The third-order valence-electron chi connectivity index (χ3n) is 7.08. The zero-order valence-corrected chi connectivity index (χ0v) is 22.0. The Labute approximate surface area is 204 Å². The fraction of sp³-hybridized carbons (Fsp3) is 0.767. The second kappa shape index (κ2) is 18.9. The molecule has 0 aliphatic rings. The van der Waals surface area contributed by atoms with Crippen molar-refractivity contribution in [3.63, 3.8) is 0 Å². The van der Waals surface area contributed by atoms with E-state index in [1.807, 2.05) is 26.0 Å². The highest BCUT2D eigenvalue weighted by atomic mass is 16.4. The summed E-state index contributed by atoms with van der Waals surface area (Å²) in [6.45, 7) is 6.21. The van der Waals surface area contributed by atoms with E-state index < -0.39 is 5.97 Å².